The van der Waals surface area contributed by atoms with E-state index >= 15 is 0 Å². The number of aromatic nitrogens is 2. The molecule has 1 aromatic rings. The Morgan fingerprint density at radius 3 is 2.56 bits per heavy atom. The molecule has 0 bridgehead atoms. The van der Waals surface area contributed by atoms with Crippen LogP contribution in [0.15, 0.2) is 4.42 Å². The molecule has 2 heterocycles. The zero-order chi connectivity index (χ0) is 13.1. The average Bonchev–Trinajstić information content (AvgIpc) is 2.75. The number of piperazine rings is 1. The molecule has 1 N–H and O–H groups in total. The highest BCUT2D eigenvalue weighted by atomic mass is 16.4. The lowest BCUT2D eigenvalue weighted by Gasteiger charge is -2.34. The third kappa shape index (κ3) is 3.05. The van der Waals surface area contributed by atoms with Crippen LogP contribution in [0, 0.1) is 6.92 Å². The lowest BCUT2D eigenvalue weighted by atomic mass is 10.2. The first kappa shape index (κ1) is 13.0. The summed E-state index contributed by atoms with van der Waals surface area (Å²) in [7, 11) is 0. The van der Waals surface area contributed by atoms with Crippen molar-refractivity contribution in [3.8, 4) is 0 Å². The largest absolute Gasteiger partial charge is 0.424 e. The maximum absolute atomic E-state index is 11.6. The highest BCUT2D eigenvalue weighted by molar-refractivity contribution is 5.80. The Kier molecular flexibility index (Phi) is 3.93. The van der Waals surface area contributed by atoms with Gasteiger partial charge in [-0.15, -0.1) is 10.2 Å². The van der Waals surface area contributed by atoms with Crippen LogP contribution in [-0.4, -0.2) is 63.3 Å². The molecule has 1 aromatic heterocycles. The van der Waals surface area contributed by atoms with Crippen LogP contribution in [0.25, 0.3) is 0 Å². The monoisotopic (exact) mass is 254 g/mol. The fraction of sp³-hybridized carbons (Fsp3) is 0.727. The summed E-state index contributed by atoms with van der Waals surface area (Å²) in [4.78, 5) is 15.4. The SMILES string of the molecule is Cc1nnc(CN2CCN(C(=O)C(C)O)CC2)o1. The average molecular weight is 254 g/mol. The van der Waals surface area contributed by atoms with E-state index in [9.17, 15) is 9.90 Å². The number of amides is 1. The molecule has 1 saturated heterocycles. The van der Waals surface area contributed by atoms with Crippen LogP contribution in [0.4, 0.5) is 0 Å². The van der Waals surface area contributed by atoms with Gasteiger partial charge in [-0.1, -0.05) is 0 Å². The fourth-order valence-corrected chi connectivity index (χ4v) is 1.98. The van der Waals surface area contributed by atoms with Crippen molar-refractivity contribution in [1.82, 2.24) is 20.0 Å². The molecule has 1 aliphatic rings. The number of aliphatic hydroxyl groups excluding tert-OH is 1. The molecule has 18 heavy (non-hydrogen) atoms. The minimum absolute atomic E-state index is 0.205. The Morgan fingerprint density at radius 2 is 2.06 bits per heavy atom. The van der Waals surface area contributed by atoms with Crippen molar-refractivity contribution in [2.45, 2.75) is 26.5 Å². The molecule has 0 aromatic carbocycles. The van der Waals surface area contributed by atoms with Gasteiger partial charge in [0.05, 0.1) is 6.54 Å². The van der Waals surface area contributed by atoms with Gasteiger partial charge < -0.3 is 14.4 Å². The lowest BCUT2D eigenvalue weighted by Crippen LogP contribution is -2.50. The van der Waals surface area contributed by atoms with E-state index in [4.69, 9.17) is 4.42 Å². The van der Waals surface area contributed by atoms with Crippen LogP contribution in [0.5, 0.6) is 0 Å². The van der Waals surface area contributed by atoms with Gasteiger partial charge in [-0.3, -0.25) is 9.69 Å². The molecule has 0 saturated carbocycles. The number of rotatable bonds is 3. The van der Waals surface area contributed by atoms with E-state index in [2.05, 4.69) is 15.1 Å². The number of nitrogens with zero attached hydrogens (tertiary/aromatic N) is 4. The van der Waals surface area contributed by atoms with Crippen molar-refractivity contribution in [3.63, 3.8) is 0 Å². The summed E-state index contributed by atoms with van der Waals surface area (Å²) in [6, 6.07) is 0. The van der Waals surface area contributed by atoms with E-state index in [1.165, 1.54) is 6.92 Å². The molecule has 7 heteroatoms. The van der Waals surface area contributed by atoms with Crippen LogP contribution in [0.2, 0.25) is 0 Å². The molecule has 0 aliphatic carbocycles. The van der Waals surface area contributed by atoms with Gasteiger partial charge in [-0.25, -0.2) is 0 Å². The van der Waals surface area contributed by atoms with Gasteiger partial charge in [0.15, 0.2) is 0 Å². The normalized spacial score (nSPS) is 18.9. The Morgan fingerprint density at radius 1 is 1.39 bits per heavy atom. The first-order valence-corrected chi connectivity index (χ1v) is 6.04. The van der Waals surface area contributed by atoms with Crippen LogP contribution in [0.3, 0.4) is 0 Å². The standard InChI is InChI=1S/C11H18N4O3/c1-8(16)11(17)15-5-3-14(4-6-15)7-10-13-12-9(2)18-10/h8,16H,3-7H2,1-2H3. The van der Waals surface area contributed by atoms with Gasteiger partial charge in [0.25, 0.3) is 5.91 Å². The summed E-state index contributed by atoms with van der Waals surface area (Å²) >= 11 is 0. The number of aryl methyl sites for hydroxylation is 1. The minimum Gasteiger partial charge on any atom is -0.424 e. The first-order valence-electron chi connectivity index (χ1n) is 6.04. The molecule has 1 atom stereocenters. The molecule has 7 nitrogen and oxygen atoms in total. The Balaban J connectivity index is 1.82. The topological polar surface area (TPSA) is 82.7 Å². The Hall–Kier alpha value is -1.47. The minimum atomic E-state index is -0.921. The molecular formula is C11H18N4O3. The lowest BCUT2D eigenvalue weighted by molar-refractivity contribution is -0.141. The molecule has 1 amide bonds. The van der Waals surface area contributed by atoms with Crippen molar-refractivity contribution in [1.29, 1.82) is 0 Å². The van der Waals surface area contributed by atoms with Crippen molar-refractivity contribution < 1.29 is 14.3 Å². The highest BCUT2D eigenvalue weighted by Crippen LogP contribution is 2.08. The molecule has 0 spiro atoms. The number of carbonyl (C=O) groups is 1. The van der Waals surface area contributed by atoms with Gasteiger partial charge >= 0.3 is 0 Å². The summed E-state index contributed by atoms with van der Waals surface area (Å²) < 4.78 is 5.31. The molecule has 0 radical (unpaired) electrons. The molecular weight excluding hydrogens is 236 g/mol. The maximum atomic E-state index is 11.6. The second-order valence-electron chi connectivity index (χ2n) is 4.49. The van der Waals surface area contributed by atoms with Crippen molar-refractivity contribution in [2.24, 2.45) is 0 Å². The maximum Gasteiger partial charge on any atom is 0.251 e. The van der Waals surface area contributed by atoms with E-state index in [0.29, 0.717) is 31.4 Å². The van der Waals surface area contributed by atoms with Crippen LogP contribution >= 0.6 is 0 Å². The second kappa shape index (κ2) is 5.45. The number of aliphatic hydroxyl groups is 1. The van der Waals surface area contributed by atoms with Crippen molar-refractivity contribution in [3.05, 3.63) is 11.8 Å². The first-order chi connectivity index (χ1) is 8.56. The summed E-state index contributed by atoms with van der Waals surface area (Å²) in [5.74, 6) is 0.957. The van der Waals surface area contributed by atoms with E-state index in [-0.39, 0.29) is 5.91 Å². The van der Waals surface area contributed by atoms with E-state index < -0.39 is 6.10 Å². The predicted octanol–water partition coefficient (Wildman–Crippen LogP) is -0.597. The quantitative estimate of drug-likeness (QED) is 0.776. The molecule has 2 rings (SSSR count). The number of hydrogen-bond donors (Lipinski definition) is 1. The summed E-state index contributed by atoms with van der Waals surface area (Å²) in [5.41, 5.74) is 0. The zero-order valence-electron chi connectivity index (χ0n) is 10.7. The predicted molar refractivity (Wildman–Crippen MR) is 62.6 cm³/mol. The Labute approximate surface area is 105 Å². The Bertz CT molecular complexity index is 410. The van der Waals surface area contributed by atoms with Gasteiger partial charge in [-0.05, 0) is 6.92 Å². The van der Waals surface area contributed by atoms with Gasteiger partial charge in [0, 0.05) is 33.1 Å². The third-order valence-corrected chi connectivity index (χ3v) is 2.97. The van der Waals surface area contributed by atoms with E-state index in [1.807, 2.05) is 0 Å². The van der Waals surface area contributed by atoms with Crippen LogP contribution < -0.4 is 0 Å². The summed E-state index contributed by atoms with van der Waals surface area (Å²) in [6.45, 7) is 6.61. The van der Waals surface area contributed by atoms with E-state index in [1.54, 1.807) is 11.8 Å². The molecule has 1 aliphatic heterocycles. The van der Waals surface area contributed by atoms with Crippen LogP contribution in [-0.2, 0) is 11.3 Å². The van der Waals surface area contributed by atoms with Gasteiger partial charge in [0.2, 0.25) is 11.8 Å². The molecule has 100 valence electrons. The zero-order valence-corrected chi connectivity index (χ0v) is 10.7. The third-order valence-electron chi connectivity index (χ3n) is 2.97. The number of carbonyl (C=O) groups excluding carboxylic acids is 1. The summed E-state index contributed by atoms with van der Waals surface area (Å²) in [5, 5.41) is 17.0. The number of hydrogen-bond acceptors (Lipinski definition) is 6. The second-order valence-corrected chi connectivity index (χ2v) is 4.49. The van der Waals surface area contributed by atoms with E-state index in [0.717, 1.165) is 13.1 Å². The van der Waals surface area contributed by atoms with Crippen molar-refractivity contribution >= 4 is 5.91 Å². The fourth-order valence-electron chi connectivity index (χ4n) is 1.98. The highest BCUT2D eigenvalue weighted by Gasteiger charge is 2.24. The smallest absolute Gasteiger partial charge is 0.251 e. The molecule has 1 unspecified atom stereocenters. The van der Waals surface area contributed by atoms with Gasteiger partial charge in [-0.2, -0.15) is 0 Å². The molecule has 1 fully saturated rings. The van der Waals surface area contributed by atoms with Gasteiger partial charge in [0.1, 0.15) is 6.10 Å². The summed E-state index contributed by atoms with van der Waals surface area (Å²) in [6.07, 6.45) is -0.921. The van der Waals surface area contributed by atoms with Crippen molar-refractivity contribution in [2.75, 3.05) is 26.2 Å². The van der Waals surface area contributed by atoms with Crippen LogP contribution in [0.1, 0.15) is 18.7 Å².